The molecule has 4 heteroatoms. The van der Waals surface area contributed by atoms with E-state index in [2.05, 4.69) is 17.4 Å². The minimum Gasteiger partial charge on any atom is -0.497 e. The normalized spacial score (nSPS) is 12.2. The molecule has 0 heterocycles. The van der Waals surface area contributed by atoms with Crippen molar-refractivity contribution in [2.75, 3.05) is 14.2 Å². The predicted molar refractivity (Wildman–Crippen MR) is 85.0 cm³/mol. The largest absolute Gasteiger partial charge is 0.497 e. The zero-order valence-electron chi connectivity index (χ0n) is 11.5. The molecular weight excluding hydrogens is 293 g/mol. The number of methoxy groups -OCH3 is 1. The molecule has 1 N–H and O–H groups in total. The van der Waals surface area contributed by atoms with E-state index in [1.807, 2.05) is 31.3 Å². The van der Waals surface area contributed by atoms with Crippen molar-refractivity contribution in [3.05, 3.63) is 63.6 Å². The molecule has 0 radical (unpaired) electrons. The lowest BCUT2D eigenvalue weighted by molar-refractivity contribution is 0.414. The second-order valence-corrected chi connectivity index (χ2v) is 5.40. The van der Waals surface area contributed by atoms with Crippen molar-refractivity contribution in [3.63, 3.8) is 0 Å². The molecule has 20 heavy (non-hydrogen) atoms. The molecule has 0 spiro atoms. The Hall–Kier alpha value is -1.22. The number of likely N-dealkylation sites (N-methyl/N-ethyl adjacent to an activating group) is 1. The highest BCUT2D eigenvalue weighted by Crippen LogP contribution is 2.28. The fourth-order valence-electron chi connectivity index (χ4n) is 2.15. The van der Waals surface area contributed by atoms with Gasteiger partial charge in [0, 0.05) is 16.1 Å². The standard InChI is InChI=1S/C16H17Cl2NO/c1-19-16(14-10-12(17)5-8-15(14)18)9-11-3-6-13(20-2)7-4-11/h3-8,10,16,19H,9H2,1-2H3. The van der Waals surface area contributed by atoms with Crippen LogP contribution in [0, 0.1) is 0 Å². The number of benzene rings is 2. The van der Waals surface area contributed by atoms with E-state index in [1.165, 1.54) is 5.56 Å². The first kappa shape index (κ1) is 15.2. The molecular formula is C16H17Cl2NO. The van der Waals surface area contributed by atoms with E-state index in [0.29, 0.717) is 5.02 Å². The van der Waals surface area contributed by atoms with Crippen molar-refractivity contribution in [1.82, 2.24) is 5.32 Å². The first-order valence-corrected chi connectivity index (χ1v) is 7.14. The molecule has 0 aliphatic carbocycles. The Bertz CT molecular complexity index is 569. The van der Waals surface area contributed by atoms with Gasteiger partial charge in [-0.05, 0) is 54.9 Å². The van der Waals surface area contributed by atoms with E-state index in [1.54, 1.807) is 13.2 Å². The molecule has 0 fully saturated rings. The second-order valence-electron chi connectivity index (χ2n) is 4.56. The first-order valence-electron chi connectivity index (χ1n) is 6.39. The molecule has 1 atom stereocenters. The maximum Gasteiger partial charge on any atom is 0.118 e. The summed E-state index contributed by atoms with van der Waals surface area (Å²) >= 11 is 12.3. The van der Waals surface area contributed by atoms with Crippen molar-refractivity contribution in [2.24, 2.45) is 0 Å². The van der Waals surface area contributed by atoms with Crippen LogP contribution in [0.3, 0.4) is 0 Å². The average Bonchev–Trinajstić information content (AvgIpc) is 2.48. The van der Waals surface area contributed by atoms with Crippen molar-refractivity contribution < 1.29 is 4.74 Å². The highest BCUT2D eigenvalue weighted by molar-refractivity contribution is 6.33. The quantitative estimate of drug-likeness (QED) is 0.877. The van der Waals surface area contributed by atoms with Crippen LogP contribution in [-0.4, -0.2) is 14.2 Å². The Balaban J connectivity index is 2.21. The molecule has 0 aromatic heterocycles. The van der Waals surface area contributed by atoms with Crippen LogP contribution in [0.1, 0.15) is 17.2 Å². The van der Waals surface area contributed by atoms with Crippen LogP contribution in [0.4, 0.5) is 0 Å². The van der Waals surface area contributed by atoms with Gasteiger partial charge in [-0.2, -0.15) is 0 Å². The van der Waals surface area contributed by atoms with Gasteiger partial charge in [-0.15, -0.1) is 0 Å². The Labute approximate surface area is 129 Å². The van der Waals surface area contributed by atoms with Crippen molar-refractivity contribution in [1.29, 1.82) is 0 Å². The smallest absolute Gasteiger partial charge is 0.118 e. The summed E-state index contributed by atoms with van der Waals surface area (Å²) in [7, 11) is 3.59. The molecule has 0 amide bonds. The second kappa shape index (κ2) is 6.98. The average molecular weight is 310 g/mol. The van der Waals surface area contributed by atoms with Gasteiger partial charge >= 0.3 is 0 Å². The number of rotatable bonds is 5. The monoisotopic (exact) mass is 309 g/mol. The summed E-state index contributed by atoms with van der Waals surface area (Å²) in [5.74, 6) is 0.857. The zero-order chi connectivity index (χ0) is 14.5. The van der Waals surface area contributed by atoms with Crippen molar-refractivity contribution in [3.8, 4) is 5.75 Å². The molecule has 1 unspecified atom stereocenters. The lowest BCUT2D eigenvalue weighted by Crippen LogP contribution is -2.19. The van der Waals surface area contributed by atoms with Gasteiger partial charge in [-0.3, -0.25) is 0 Å². The summed E-state index contributed by atoms with van der Waals surface area (Å²) in [6.07, 6.45) is 0.834. The number of halogens is 2. The van der Waals surface area contributed by atoms with Crippen LogP contribution >= 0.6 is 23.2 Å². The van der Waals surface area contributed by atoms with Crippen LogP contribution in [0.5, 0.6) is 5.75 Å². The van der Waals surface area contributed by atoms with Crippen LogP contribution in [0.25, 0.3) is 0 Å². The molecule has 2 aromatic rings. The summed E-state index contributed by atoms with van der Waals surface area (Å²) in [4.78, 5) is 0. The Morgan fingerprint density at radius 3 is 2.40 bits per heavy atom. The first-order chi connectivity index (χ1) is 9.63. The van der Waals surface area contributed by atoms with Crippen molar-refractivity contribution >= 4 is 23.2 Å². The SMILES string of the molecule is CNC(Cc1ccc(OC)cc1)c1cc(Cl)ccc1Cl. The molecule has 0 aliphatic heterocycles. The lowest BCUT2D eigenvalue weighted by Gasteiger charge is -2.18. The highest BCUT2D eigenvalue weighted by atomic mass is 35.5. The van der Waals surface area contributed by atoms with Gasteiger partial charge in [0.2, 0.25) is 0 Å². The third-order valence-corrected chi connectivity index (χ3v) is 3.86. The maximum absolute atomic E-state index is 6.26. The Morgan fingerprint density at radius 1 is 1.10 bits per heavy atom. The molecule has 106 valence electrons. The van der Waals surface area contributed by atoms with E-state index < -0.39 is 0 Å². The maximum atomic E-state index is 6.26. The van der Waals surface area contributed by atoms with Gasteiger partial charge in [0.15, 0.2) is 0 Å². The Kier molecular flexibility index (Phi) is 5.30. The van der Waals surface area contributed by atoms with E-state index in [0.717, 1.165) is 22.8 Å². The number of hydrogen-bond acceptors (Lipinski definition) is 2. The van der Waals surface area contributed by atoms with Gasteiger partial charge < -0.3 is 10.1 Å². The number of nitrogens with one attached hydrogen (secondary N) is 1. The highest BCUT2D eigenvalue weighted by Gasteiger charge is 2.14. The predicted octanol–water partition coefficient (Wildman–Crippen LogP) is 4.51. The van der Waals surface area contributed by atoms with Crippen LogP contribution in [0.15, 0.2) is 42.5 Å². The molecule has 0 saturated heterocycles. The van der Waals surface area contributed by atoms with Gasteiger partial charge in [0.05, 0.1) is 7.11 Å². The third-order valence-electron chi connectivity index (χ3n) is 3.28. The number of ether oxygens (including phenoxy) is 1. The van der Waals surface area contributed by atoms with E-state index in [9.17, 15) is 0 Å². The Morgan fingerprint density at radius 2 is 1.80 bits per heavy atom. The van der Waals surface area contributed by atoms with Crippen molar-refractivity contribution in [2.45, 2.75) is 12.5 Å². The van der Waals surface area contributed by atoms with Gasteiger partial charge in [0.25, 0.3) is 0 Å². The molecule has 2 aromatic carbocycles. The minimum absolute atomic E-state index is 0.120. The summed E-state index contributed by atoms with van der Waals surface area (Å²) in [6.45, 7) is 0. The molecule has 0 aliphatic rings. The summed E-state index contributed by atoms with van der Waals surface area (Å²) in [5, 5.41) is 4.71. The molecule has 2 rings (SSSR count). The number of hydrogen-bond donors (Lipinski definition) is 1. The molecule has 0 bridgehead atoms. The fraction of sp³-hybridized carbons (Fsp3) is 0.250. The van der Waals surface area contributed by atoms with Gasteiger partial charge in [-0.1, -0.05) is 35.3 Å². The van der Waals surface area contributed by atoms with E-state index >= 15 is 0 Å². The van der Waals surface area contributed by atoms with E-state index in [-0.39, 0.29) is 6.04 Å². The minimum atomic E-state index is 0.120. The van der Waals surface area contributed by atoms with E-state index in [4.69, 9.17) is 27.9 Å². The summed E-state index contributed by atoms with van der Waals surface area (Å²) in [5.41, 5.74) is 2.22. The van der Waals surface area contributed by atoms with Crippen LogP contribution < -0.4 is 10.1 Å². The lowest BCUT2D eigenvalue weighted by atomic mass is 9.99. The molecule has 0 saturated carbocycles. The zero-order valence-corrected chi connectivity index (χ0v) is 13.0. The third kappa shape index (κ3) is 3.66. The topological polar surface area (TPSA) is 21.3 Å². The van der Waals surface area contributed by atoms with Crippen LogP contribution in [0.2, 0.25) is 10.0 Å². The van der Waals surface area contributed by atoms with Gasteiger partial charge in [-0.25, -0.2) is 0 Å². The molecule has 2 nitrogen and oxygen atoms in total. The van der Waals surface area contributed by atoms with Gasteiger partial charge in [0.1, 0.15) is 5.75 Å². The summed E-state index contributed by atoms with van der Waals surface area (Å²) < 4.78 is 5.17. The fourth-order valence-corrected chi connectivity index (χ4v) is 2.58. The summed E-state index contributed by atoms with van der Waals surface area (Å²) in [6, 6.07) is 13.7. The van der Waals surface area contributed by atoms with Crippen LogP contribution in [-0.2, 0) is 6.42 Å².